The number of carbonyl (C=O) groups excluding carboxylic acids is 2. The summed E-state index contributed by atoms with van der Waals surface area (Å²) in [7, 11) is 1.18. The molecule has 0 radical (unpaired) electrons. The second kappa shape index (κ2) is 9.86. The van der Waals surface area contributed by atoms with Gasteiger partial charge in [-0.1, -0.05) is 24.3 Å². The van der Waals surface area contributed by atoms with Crippen molar-refractivity contribution in [2.45, 2.75) is 32.4 Å². The van der Waals surface area contributed by atoms with Gasteiger partial charge in [0.05, 0.1) is 11.3 Å². The molecular weight excluding hydrogens is 418 g/mol. The first-order valence-electron chi connectivity index (χ1n) is 10.2. The number of carbonyl (C=O) groups is 2. The Hall–Kier alpha value is -3.33. The smallest absolute Gasteiger partial charge is 0.254 e. The Labute approximate surface area is 185 Å². The highest BCUT2D eigenvalue weighted by molar-refractivity contribution is 5.95. The van der Waals surface area contributed by atoms with Gasteiger partial charge in [0.1, 0.15) is 11.7 Å². The molecule has 7 nitrogen and oxygen atoms in total. The minimum Gasteiger partial charge on any atom is -0.384 e. The van der Waals surface area contributed by atoms with Crippen LogP contribution in [-0.4, -0.2) is 31.3 Å². The summed E-state index contributed by atoms with van der Waals surface area (Å²) in [4.78, 5) is 26.1. The summed E-state index contributed by atoms with van der Waals surface area (Å²) in [5.41, 5.74) is 6.05. The lowest BCUT2D eigenvalue weighted by atomic mass is 10.0. The van der Waals surface area contributed by atoms with Gasteiger partial charge in [0.15, 0.2) is 11.9 Å². The Morgan fingerprint density at radius 3 is 2.41 bits per heavy atom. The fraction of sp³-hybridized carbons (Fsp3) is 0.348. The summed E-state index contributed by atoms with van der Waals surface area (Å²) in [6.45, 7) is 1.75. The van der Waals surface area contributed by atoms with Crippen molar-refractivity contribution in [1.82, 2.24) is 5.32 Å². The highest BCUT2D eigenvalue weighted by atomic mass is 19.1. The van der Waals surface area contributed by atoms with Crippen LogP contribution in [0, 0.1) is 23.0 Å². The summed E-state index contributed by atoms with van der Waals surface area (Å²) in [5.74, 6) is -2.80. The molecule has 4 N–H and O–H groups in total. The van der Waals surface area contributed by atoms with E-state index in [-0.39, 0.29) is 24.0 Å². The third kappa shape index (κ3) is 5.28. The lowest BCUT2D eigenvalue weighted by molar-refractivity contribution is -0.131. The molecule has 0 spiro atoms. The minimum atomic E-state index is -1.54. The van der Waals surface area contributed by atoms with Crippen LogP contribution in [0.4, 0.5) is 14.5 Å². The van der Waals surface area contributed by atoms with Crippen molar-refractivity contribution >= 4 is 23.3 Å². The highest BCUT2D eigenvalue weighted by Gasteiger charge is 2.32. The minimum absolute atomic E-state index is 0.0736. The average molecular weight is 444 g/mol. The predicted octanol–water partition coefficient (Wildman–Crippen LogP) is 3.02. The summed E-state index contributed by atoms with van der Waals surface area (Å²) < 4.78 is 35.1. The molecule has 1 atom stereocenters. The van der Waals surface area contributed by atoms with Gasteiger partial charge in [-0.25, -0.2) is 8.78 Å². The predicted molar refractivity (Wildman–Crippen MR) is 116 cm³/mol. The van der Waals surface area contributed by atoms with Gasteiger partial charge in [0, 0.05) is 32.7 Å². The zero-order valence-electron chi connectivity index (χ0n) is 18.0. The quantitative estimate of drug-likeness (QED) is 0.408. The third-order valence-electron chi connectivity index (χ3n) is 5.38. The van der Waals surface area contributed by atoms with Crippen molar-refractivity contribution in [1.29, 1.82) is 5.41 Å². The second-order valence-electron chi connectivity index (χ2n) is 7.81. The van der Waals surface area contributed by atoms with Crippen molar-refractivity contribution in [3.05, 3.63) is 64.7 Å². The molecule has 0 aromatic heterocycles. The number of amides is 2. The largest absolute Gasteiger partial charge is 0.384 e. The number of benzene rings is 2. The number of halogens is 2. The number of hydrogen-bond donors (Lipinski definition) is 3. The normalized spacial score (nSPS) is 14.0. The molecule has 1 aliphatic rings. The van der Waals surface area contributed by atoms with Crippen molar-refractivity contribution in [2.24, 2.45) is 11.7 Å². The first kappa shape index (κ1) is 23.3. The van der Waals surface area contributed by atoms with E-state index in [1.165, 1.54) is 25.0 Å². The maximum atomic E-state index is 15.4. The number of nitrogens with zero attached hydrogens (tertiary/aromatic N) is 1. The van der Waals surface area contributed by atoms with E-state index in [4.69, 9.17) is 15.9 Å². The van der Waals surface area contributed by atoms with Gasteiger partial charge in [-0.3, -0.25) is 15.0 Å². The SMILES string of the molecule is COC(C(=O)NCc1ccc(C(=N)N)cc1)c1c(F)ccc(N(CC2CC2)C(C)=O)c1F. The topological polar surface area (TPSA) is 109 Å². The van der Waals surface area contributed by atoms with Crippen LogP contribution >= 0.6 is 0 Å². The van der Waals surface area contributed by atoms with E-state index in [1.54, 1.807) is 24.3 Å². The van der Waals surface area contributed by atoms with Crippen LogP contribution < -0.4 is 16.0 Å². The van der Waals surface area contributed by atoms with Crippen molar-refractivity contribution in [3.63, 3.8) is 0 Å². The third-order valence-corrected chi connectivity index (χ3v) is 5.38. The molecule has 0 saturated heterocycles. The average Bonchev–Trinajstić information content (AvgIpc) is 3.58. The number of nitrogens with one attached hydrogen (secondary N) is 2. The first-order valence-corrected chi connectivity index (χ1v) is 10.2. The van der Waals surface area contributed by atoms with Gasteiger partial charge in [-0.15, -0.1) is 0 Å². The fourth-order valence-electron chi connectivity index (χ4n) is 3.40. The van der Waals surface area contributed by atoms with E-state index >= 15 is 4.39 Å². The van der Waals surface area contributed by atoms with Crippen LogP contribution in [0.1, 0.15) is 42.6 Å². The van der Waals surface area contributed by atoms with Crippen LogP contribution in [0.2, 0.25) is 0 Å². The Bertz CT molecular complexity index is 1020. The molecule has 32 heavy (non-hydrogen) atoms. The maximum Gasteiger partial charge on any atom is 0.254 e. The van der Waals surface area contributed by atoms with Crippen molar-refractivity contribution in [3.8, 4) is 0 Å². The number of anilines is 1. The van der Waals surface area contributed by atoms with Gasteiger partial charge >= 0.3 is 0 Å². The molecule has 2 aromatic carbocycles. The lowest BCUT2D eigenvalue weighted by Crippen LogP contribution is -2.34. The Morgan fingerprint density at radius 1 is 1.22 bits per heavy atom. The molecule has 170 valence electrons. The van der Waals surface area contributed by atoms with Crippen LogP contribution in [0.5, 0.6) is 0 Å². The van der Waals surface area contributed by atoms with Gasteiger partial charge < -0.3 is 20.7 Å². The van der Waals surface area contributed by atoms with E-state index in [0.717, 1.165) is 18.9 Å². The van der Waals surface area contributed by atoms with Crippen molar-refractivity contribution in [2.75, 3.05) is 18.6 Å². The molecule has 2 aromatic rings. The van der Waals surface area contributed by atoms with Crippen LogP contribution in [0.15, 0.2) is 36.4 Å². The molecule has 3 rings (SSSR count). The number of nitrogens with two attached hydrogens (primary N) is 1. The number of hydrogen-bond acceptors (Lipinski definition) is 4. The van der Waals surface area contributed by atoms with E-state index in [9.17, 15) is 14.0 Å². The van der Waals surface area contributed by atoms with Gasteiger partial charge in [0.2, 0.25) is 5.91 Å². The molecule has 1 saturated carbocycles. The molecule has 0 heterocycles. The number of nitrogen functional groups attached to an aromatic ring is 1. The lowest BCUT2D eigenvalue weighted by Gasteiger charge is -2.24. The zero-order chi connectivity index (χ0) is 23.4. The molecule has 0 bridgehead atoms. The Balaban J connectivity index is 1.81. The molecule has 0 aliphatic heterocycles. The molecule has 1 fully saturated rings. The van der Waals surface area contributed by atoms with E-state index in [0.29, 0.717) is 23.6 Å². The van der Waals surface area contributed by atoms with Gasteiger partial charge in [-0.2, -0.15) is 0 Å². The van der Waals surface area contributed by atoms with Gasteiger partial charge in [-0.05, 0) is 36.5 Å². The summed E-state index contributed by atoms with van der Waals surface area (Å²) in [5, 5.41) is 10.0. The van der Waals surface area contributed by atoms with Crippen LogP contribution in [0.3, 0.4) is 0 Å². The van der Waals surface area contributed by atoms with Crippen LogP contribution in [-0.2, 0) is 20.9 Å². The number of amidine groups is 1. The van der Waals surface area contributed by atoms with E-state index in [2.05, 4.69) is 5.32 Å². The zero-order valence-corrected chi connectivity index (χ0v) is 18.0. The molecule has 2 amide bonds. The summed E-state index contributed by atoms with van der Waals surface area (Å²) >= 11 is 0. The number of ether oxygens (including phenoxy) is 1. The van der Waals surface area contributed by atoms with E-state index < -0.39 is 29.2 Å². The number of rotatable bonds is 9. The Kier molecular flexibility index (Phi) is 7.19. The monoisotopic (exact) mass is 444 g/mol. The fourth-order valence-corrected chi connectivity index (χ4v) is 3.40. The maximum absolute atomic E-state index is 15.4. The van der Waals surface area contributed by atoms with Gasteiger partial charge in [0.25, 0.3) is 5.91 Å². The van der Waals surface area contributed by atoms with Crippen molar-refractivity contribution < 1.29 is 23.1 Å². The molecule has 1 aliphatic carbocycles. The Morgan fingerprint density at radius 2 is 1.88 bits per heavy atom. The standard InChI is InChI=1S/C23H26F2N4O3/c1-13(30)29(12-15-3-4-15)18-10-9-17(24)19(20(18)25)21(32-2)23(31)28-11-14-5-7-16(8-6-14)22(26)27/h5-10,15,21H,3-4,11-12H2,1-2H3,(H3,26,27)(H,28,31). The van der Waals surface area contributed by atoms with Crippen LogP contribution in [0.25, 0.3) is 0 Å². The number of methoxy groups -OCH3 is 1. The highest BCUT2D eigenvalue weighted by Crippen LogP contribution is 2.35. The second-order valence-corrected chi connectivity index (χ2v) is 7.81. The molecular formula is C23H26F2N4O3. The summed E-state index contributed by atoms with van der Waals surface area (Å²) in [6, 6.07) is 8.88. The summed E-state index contributed by atoms with van der Waals surface area (Å²) in [6.07, 6.45) is 0.368. The molecule has 9 heteroatoms. The molecule has 1 unspecified atom stereocenters. The first-order chi connectivity index (χ1) is 15.2. The van der Waals surface area contributed by atoms with E-state index in [1.807, 2.05) is 0 Å².